The number of hydrogen-bond donors (Lipinski definition) is 2. The van der Waals surface area contributed by atoms with Crippen molar-refractivity contribution in [2.75, 3.05) is 6.54 Å². The number of hydrogen-bond acceptors (Lipinski definition) is 3. The number of pyridine rings is 1. The molecule has 1 aliphatic carbocycles. The largest absolute Gasteiger partial charge is 0.348 e. The van der Waals surface area contributed by atoms with Gasteiger partial charge in [0.25, 0.3) is 5.91 Å². The van der Waals surface area contributed by atoms with E-state index in [1.165, 1.54) is 12.8 Å². The summed E-state index contributed by atoms with van der Waals surface area (Å²) in [6, 6.07) is 10.5. The highest BCUT2D eigenvalue weighted by molar-refractivity contribution is 6.06. The average Bonchev–Trinajstić information content (AvgIpc) is 3.41. The maximum Gasteiger partial charge on any atom is 0.252 e. The molecule has 2 aromatic rings. The summed E-state index contributed by atoms with van der Waals surface area (Å²) >= 11 is 0. The summed E-state index contributed by atoms with van der Waals surface area (Å²) in [5, 5.41) is 7.62. The Morgan fingerprint density at radius 1 is 1.20 bits per heavy atom. The summed E-state index contributed by atoms with van der Waals surface area (Å²) in [6.45, 7) is 3.18. The third-order valence-electron chi connectivity index (χ3n) is 5.05. The molecular formula is C19H25Cl2N3O. The fourth-order valence-electron chi connectivity index (χ4n) is 3.46. The number of nitrogens with one attached hydrogen (secondary N) is 2. The monoisotopic (exact) mass is 381 g/mol. The number of carbonyl (C=O) groups excluding carboxylic acids is 1. The second-order valence-electron chi connectivity index (χ2n) is 6.85. The zero-order chi connectivity index (χ0) is 15.8. The van der Waals surface area contributed by atoms with Crippen molar-refractivity contribution in [3.8, 4) is 0 Å². The molecule has 136 valence electrons. The van der Waals surface area contributed by atoms with Gasteiger partial charge in [0, 0.05) is 29.1 Å². The van der Waals surface area contributed by atoms with Crippen molar-refractivity contribution >= 4 is 41.6 Å². The molecule has 2 atom stereocenters. The van der Waals surface area contributed by atoms with Gasteiger partial charge in [-0.1, -0.05) is 18.2 Å². The minimum absolute atomic E-state index is 0. The highest BCUT2D eigenvalue weighted by Crippen LogP contribution is 2.40. The van der Waals surface area contributed by atoms with E-state index in [2.05, 4.69) is 17.6 Å². The van der Waals surface area contributed by atoms with Crippen molar-refractivity contribution in [1.29, 1.82) is 0 Å². The van der Waals surface area contributed by atoms with E-state index in [4.69, 9.17) is 4.98 Å². The molecule has 2 unspecified atom stereocenters. The Bertz CT molecular complexity index is 749. The van der Waals surface area contributed by atoms with Crippen LogP contribution in [0.5, 0.6) is 0 Å². The van der Waals surface area contributed by atoms with Crippen molar-refractivity contribution in [2.24, 2.45) is 0 Å². The van der Waals surface area contributed by atoms with Gasteiger partial charge >= 0.3 is 0 Å². The molecule has 1 aliphatic heterocycles. The minimum Gasteiger partial charge on any atom is -0.348 e. The molecule has 1 saturated carbocycles. The van der Waals surface area contributed by atoms with E-state index < -0.39 is 0 Å². The van der Waals surface area contributed by atoms with Gasteiger partial charge < -0.3 is 10.6 Å². The van der Waals surface area contributed by atoms with Crippen molar-refractivity contribution in [1.82, 2.24) is 15.6 Å². The molecule has 2 fully saturated rings. The average molecular weight is 382 g/mol. The Morgan fingerprint density at radius 3 is 2.68 bits per heavy atom. The van der Waals surface area contributed by atoms with Crippen LogP contribution < -0.4 is 10.6 Å². The molecule has 2 N–H and O–H groups in total. The number of fused-ring (bicyclic) bond motifs is 1. The first-order valence-electron chi connectivity index (χ1n) is 8.66. The fourth-order valence-corrected chi connectivity index (χ4v) is 3.46. The molecule has 25 heavy (non-hydrogen) atoms. The molecule has 1 saturated heterocycles. The number of carbonyl (C=O) groups is 1. The zero-order valence-electron chi connectivity index (χ0n) is 14.3. The molecule has 1 aromatic carbocycles. The van der Waals surface area contributed by atoms with Gasteiger partial charge in [-0.2, -0.15) is 0 Å². The lowest BCUT2D eigenvalue weighted by atomic mass is 9.98. The van der Waals surface area contributed by atoms with E-state index in [-0.39, 0.29) is 36.8 Å². The van der Waals surface area contributed by atoms with E-state index in [9.17, 15) is 4.79 Å². The molecule has 1 amide bonds. The van der Waals surface area contributed by atoms with Crippen LogP contribution >= 0.6 is 24.8 Å². The van der Waals surface area contributed by atoms with Gasteiger partial charge in [0.05, 0.1) is 11.1 Å². The van der Waals surface area contributed by atoms with Gasteiger partial charge in [0.1, 0.15) is 0 Å². The Kier molecular flexibility index (Phi) is 6.66. The summed E-state index contributed by atoms with van der Waals surface area (Å²) in [5.74, 6) is 0.576. The lowest BCUT2D eigenvalue weighted by Gasteiger charge is -2.30. The van der Waals surface area contributed by atoms with E-state index in [1.54, 1.807) is 0 Å². The van der Waals surface area contributed by atoms with Crippen molar-refractivity contribution < 1.29 is 4.79 Å². The number of aromatic nitrogens is 1. The number of halogens is 2. The lowest BCUT2D eigenvalue weighted by Crippen LogP contribution is -2.51. The molecule has 6 heteroatoms. The van der Waals surface area contributed by atoms with Crippen LogP contribution in [0.15, 0.2) is 30.3 Å². The quantitative estimate of drug-likeness (QED) is 0.849. The summed E-state index contributed by atoms with van der Waals surface area (Å²) in [5.41, 5.74) is 2.77. The molecule has 2 heterocycles. The Labute approximate surface area is 161 Å². The summed E-state index contributed by atoms with van der Waals surface area (Å²) in [7, 11) is 0. The summed E-state index contributed by atoms with van der Waals surface area (Å²) in [6.07, 6.45) is 4.53. The van der Waals surface area contributed by atoms with Gasteiger partial charge in [-0.3, -0.25) is 9.78 Å². The smallest absolute Gasteiger partial charge is 0.252 e. The Hall–Kier alpha value is -1.36. The van der Waals surface area contributed by atoms with Crippen LogP contribution in [0, 0.1) is 0 Å². The summed E-state index contributed by atoms with van der Waals surface area (Å²) in [4.78, 5) is 17.7. The number of para-hydroxylation sites is 1. The van der Waals surface area contributed by atoms with E-state index >= 15 is 0 Å². The minimum atomic E-state index is 0. The standard InChI is InChI=1S/C19H23N3O.2ClH/c1-12-16(7-4-10-20-12)22-19(23)15-11-18(13-8-9-13)21-17-6-3-2-5-14(15)17;;/h2-3,5-6,11-13,16,20H,4,7-10H2,1H3,(H,22,23);2*1H. The van der Waals surface area contributed by atoms with Crippen LogP contribution in [0.1, 0.15) is 54.6 Å². The van der Waals surface area contributed by atoms with Gasteiger partial charge in [-0.25, -0.2) is 0 Å². The molecule has 4 nitrogen and oxygen atoms in total. The Morgan fingerprint density at radius 2 is 1.96 bits per heavy atom. The summed E-state index contributed by atoms with van der Waals surface area (Å²) < 4.78 is 0. The van der Waals surface area contributed by atoms with Crippen LogP contribution in [-0.2, 0) is 0 Å². The third-order valence-corrected chi connectivity index (χ3v) is 5.05. The first kappa shape index (κ1) is 20.0. The number of amides is 1. The van der Waals surface area contributed by atoms with Crippen molar-refractivity contribution in [3.05, 3.63) is 41.6 Å². The first-order valence-corrected chi connectivity index (χ1v) is 8.66. The second-order valence-corrected chi connectivity index (χ2v) is 6.85. The van der Waals surface area contributed by atoms with Crippen LogP contribution in [-0.4, -0.2) is 29.5 Å². The molecule has 0 spiro atoms. The lowest BCUT2D eigenvalue weighted by molar-refractivity contribution is 0.0921. The maximum atomic E-state index is 12.9. The first-order chi connectivity index (χ1) is 11.2. The number of piperidine rings is 1. The van der Waals surface area contributed by atoms with Crippen LogP contribution in [0.4, 0.5) is 0 Å². The number of nitrogens with zero attached hydrogens (tertiary/aromatic N) is 1. The normalized spacial score (nSPS) is 22.6. The van der Waals surface area contributed by atoms with Gasteiger partial charge in [-0.15, -0.1) is 24.8 Å². The van der Waals surface area contributed by atoms with Crippen LogP contribution in [0.3, 0.4) is 0 Å². The predicted octanol–water partition coefficient (Wildman–Crippen LogP) is 3.83. The number of rotatable bonds is 3. The number of benzene rings is 1. The Balaban J connectivity index is 0.00000113. The molecule has 2 aliphatic rings. The maximum absolute atomic E-state index is 12.9. The molecule has 1 aromatic heterocycles. The van der Waals surface area contributed by atoms with Gasteiger partial charge in [0.15, 0.2) is 0 Å². The molecule has 0 radical (unpaired) electrons. The van der Waals surface area contributed by atoms with Crippen LogP contribution in [0.25, 0.3) is 10.9 Å². The van der Waals surface area contributed by atoms with Gasteiger partial charge in [0.2, 0.25) is 0 Å². The topological polar surface area (TPSA) is 54.0 Å². The highest BCUT2D eigenvalue weighted by atomic mass is 35.5. The fraction of sp³-hybridized carbons (Fsp3) is 0.474. The van der Waals surface area contributed by atoms with Crippen molar-refractivity contribution in [2.45, 2.75) is 50.6 Å². The second kappa shape index (κ2) is 8.35. The van der Waals surface area contributed by atoms with E-state index in [0.29, 0.717) is 12.0 Å². The molecule has 0 bridgehead atoms. The van der Waals surface area contributed by atoms with E-state index in [1.807, 2.05) is 30.3 Å². The third kappa shape index (κ3) is 4.25. The zero-order valence-corrected chi connectivity index (χ0v) is 16.0. The molecular weight excluding hydrogens is 357 g/mol. The van der Waals surface area contributed by atoms with Crippen LogP contribution in [0.2, 0.25) is 0 Å². The van der Waals surface area contributed by atoms with E-state index in [0.717, 1.165) is 41.5 Å². The predicted molar refractivity (Wildman–Crippen MR) is 106 cm³/mol. The van der Waals surface area contributed by atoms with Gasteiger partial charge in [-0.05, 0) is 51.3 Å². The van der Waals surface area contributed by atoms with Crippen molar-refractivity contribution in [3.63, 3.8) is 0 Å². The molecule has 4 rings (SSSR count). The highest BCUT2D eigenvalue weighted by Gasteiger charge is 2.28. The SMILES string of the molecule is CC1NCCCC1NC(=O)c1cc(C2CC2)nc2ccccc12.Cl.Cl.